The fourth-order valence-corrected chi connectivity index (χ4v) is 2.60. The van der Waals surface area contributed by atoms with Crippen molar-refractivity contribution < 1.29 is 0 Å². The molecule has 1 aliphatic rings. The maximum atomic E-state index is 2.57. The highest BCUT2D eigenvalue weighted by Crippen LogP contribution is 2.16. The molecule has 0 N–H and O–H groups in total. The number of nitrogens with zero attached hydrogens (tertiary/aromatic N) is 3. The van der Waals surface area contributed by atoms with Gasteiger partial charge in [-0.05, 0) is 51.8 Å². The van der Waals surface area contributed by atoms with Crippen molar-refractivity contribution in [1.29, 1.82) is 0 Å². The van der Waals surface area contributed by atoms with Crippen LogP contribution in [0.3, 0.4) is 0 Å². The molecular weight excluding hydrogens is 270 g/mol. The van der Waals surface area contributed by atoms with Gasteiger partial charge in [0.25, 0.3) is 0 Å². The Labute approximate surface area is 138 Å². The summed E-state index contributed by atoms with van der Waals surface area (Å²) in [7, 11) is 2.20. The van der Waals surface area contributed by atoms with Crippen LogP contribution >= 0.6 is 0 Å². The van der Waals surface area contributed by atoms with E-state index in [1.807, 2.05) is 0 Å². The van der Waals surface area contributed by atoms with E-state index in [0.717, 1.165) is 0 Å². The van der Waals surface area contributed by atoms with Crippen LogP contribution in [0.4, 0.5) is 0 Å². The third kappa shape index (κ3) is 7.46. The van der Waals surface area contributed by atoms with Crippen molar-refractivity contribution in [2.24, 2.45) is 5.41 Å². The van der Waals surface area contributed by atoms with Gasteiger partial charge in [-0.2, -0.15) is 0 Å². The molecule has 0 aromatic carbocycles. The number of aryl methyl sites for hydroxylation is 1. The summed E-state index contributed by atoms with van der Waals surface area (Å²) in [4.78, 5) is 4.97. The zero-order chi connectivity index (χ0) is 17.0. The summed E-state index contributed by atoms with van der Waals surface area (Å²) in [6, 6.07) is 2.13. The minimum atomic E-state index is 0.230. The minimum absolute atomic E-state index is 0.230. The lowest BCUT2D eigenvalue weighted by atomic mass is 9.96. The van der Waals surface area contributed by atoms with Gasteiger partial charge < -0.3 is 14.4 Å². The molecule has 1 aromatic rings. The smallest absolute Gasteiger partial charge is 0.0355 e. The van der Waals surface area contributed by atoms with Gasteiger partial charge in [0.1, 0.15) is 0 Å². The molecule has 0 spiro atoms. The van der Waals surface area contributed by atoms with E-state index in [0.29, 0.717) is 5.41 Å². The molecule has 0 radical (unpaired) electrons. The van der Waals surface area contributed by atoms with Gasteiger partial charge in [-0.25, -0.2) is 0 Å². The molecule has 2 heterocycles. The molecule has 2 rings (SSSR count). The molecule has 1 aliphatic heterocycles. The lowest BCUT2D eigenvalue weighted by molar-refractivity contribution is 0.117. The Morgan fingerprint density at radius 1 is 0.955 bits per heavy atom. The summed E-state index contributed by atoms with van der Waals surface area (Å²) in [6.07, 6.45) is 4.29. The minimum Gasteiger partial charge on any atom is -0.349 e. The number of hydrogen-bond donors (Lipinski definition) is 0. The van der Waals surface area contributed by atoms with Crippen LogP contribution in [0, 0.1) is 12.3 Å². The molecule has 0 unspecified atom stereocenters. The van der Waals surface area contributed by atoms with Gasteiger partial charge in [-0.15, -0.1) is 0 Å². The Morgan fingerprint density at radius 3 is 1.82 bits per heavy atom. The van der Waals surface area contributed by atoms with Gasteiger partial charge in [-0.3, -0.25) is 0 Å². The molecule has 1 fully saturated rings. The third-order valence-corrected chi connectivity index (χ3v) is 3.91. The fourth-order valence-electron chi connectivity index (χ4n) is 2.60. The Bertz CT molecular complexity index is 426. The maximum absolute atomic E-state index is 2.57. The van der Waals surface area contributed by atoms with Crippen LogP contribution in [-0.2, 0) is 5.54 Å². The van der Waals surface area contributed by atoms with E-state index in [2.05, 4.69) is 88.3 Å². The quantitative estimate of drug-likeness (QED) is 0.781. The number of hydrogen-bond acceptors (Lipinski definition) is 2. The molecule has 0 saturated carbocycles. The highest BCUT2D eigenvalue weighted by atomic mass is 15.2. The van der Waals surface area contributed by atoms with E-state index in [-0.39, 0.29) is 5.54 Å². The first-order chi connectivity index (χ1) is 9.97. The fraction of sp³-hybridized carbons (Fsp3) is 0.789. The second-order valence-electron chi connectivity index (χ2n) is 8.91. The first kappa shape index (κ1) is 19.2. The van der Waals surface area contributed by atoms with Gasteiger partial charge in [0.05, 0.1) is 0 Å². The van der Waals surface area contributed by atoms with Crippen LogP contribution in [0.5, 0.6) is 0 Å². The Hall–Kier alpha value is -0.800. The molecule has 128 valence electrons. The Morgan fingerprint density at radius 2 is 1.50 bits per heavy atom. The van der Waals surface area contributed by atoms with Crippen LogP contribution in [0.2, 0.25) is 0 Å². The van der Waals surface area contributed by atoms with Crippen LogP contribution in [0.25, 0.3) is 0 Å². The number of piperazine rings is 1. The van der Waals surface area contributed by atoms with Crippen molar-refractivity contribution in [2.75, 3.05) is 39.8 Å². The van der Waals surface area contributed by atoms with Crippen LogP contribution < -0.4 is 0 Å². The van der Waals surface area contributed by atoms with Crippen molar-refractivity contribution in [3.05, 3.63) is 24.0 Å². The summed E-state index contributed by atoms with van der Waals surface area (Å²) in [5, 5.41) is 0. The summed E-state index contributed by atoms with van der Waals surface area (Å²) in [5.41, 5.74) is 2.01. The average Bonchev–Trinajstić information content (AvgIpc) is 2.78. The zero-order valence-corrected chi connectivity index (χ0v) is 16.1. The van der Waals surface area contributed by atoms with Gasteiger partial charge in [0, 0.05) is 50.7 Å². The molecule has 0 aliphatic carbocycles. The third-order valence-electron chi connectivity index (χ3n) is 3.91. The van der Waals surface area contributed by atoms with Gasteiger partial charge in [-0.1, -0.05) is 20.8 Å². The molecule has 1 aromatic heterocycles. The topological polar surface area (TPSA) is 11.4 Å². The SMILES string of the molecule is CN1CCN(CC(C)(C)C)CC1.Cc1ccn(C(C)(C)C)c1. The maximum Gasteiger partial charge on any atom is 0.0355 e. The van der Waals surface area contributed by atoms with Crippen molar-refractivity contribution in [1.82, 2.24) is 14.4 Å². The number of rotatable bonds is 1. The molecule has 3 heteroatoms. The van der Waals surface area contributed by atoms with Crippen molar-refractivity contribution >= 4 is 0 Å². The standard InChI is InChI=1S/C10H22N2.C9H15N/c1-10(2,3)9-12-7-5-11(4)6-8-12;1-8-5-6-10(7-8)9(2,3)4/h5-9H2,1-4H3;5-7H,1-4H3. The largest absolute Gasteiger partial charge is 0.349 e. The Balaban J connectivity index is 0.000000224. The normalized spacial score (nSPS) is 18.0. The second kappa shape index (κ2) is 7.65. The van der Waals surface area contributed by atoms with E-state index in [4.69, 9.17) is 0 Å². The Kier molecular flexibility index (Phi) is 6.69. The van der Waals surface area contributed by atoms with Gasteiger partial charge in [0.2, 0.25) is 0 Å². The number of aromatic nitrogens is 1. The monoisotopic (exact) mass is 307 g/mol. The number of likely N-dealkylation sites (N-methyl/N-ethyl adjacent to an activating group) is 1. The first-order valence-electron chi connectivity index (χ1n) is 8.53. The predicted octanol–water partition coefficient (Wildman–Crippen LogP) is 3.83. The van der Waals surface area contributed by atoms with Gasteiger partial charge in [0.15, 0.2) is 0 Å². The van der Waals surface area contributed by atoms with Crippen molar-refractivity contribution in [3.8, 4) is 0 Å². The molecule has 0 amide bonds. The molecule has 0 atom stereocenters. The van der Waals surface area contributed by atoms with Crippen LogP contribution in [-0.4, -0.2) is 54.1 Å². The summed E-state index contributed by atoms with van der Waals surface area (Å²) >= 11 is 0. The van der Waals surface area contributed by atoms with Crippen molar-refractivity contribution in [3.63, 3.8) is 0 Å². The lowest BCUT2D eigenvalue weighted by Crippen LogP contribution is -2.47. The summed E-state index contributed by atoms with van der Waals surface area (Å²) < 4.78 is 2.22. The van der Waals surface area contributed by atoms with E-state index >= 15 is 0 Å². The highest BCUT2D eigenvalue weighted by molar-refractivity contribution is 5.08. The van der Waals surface area contributed by atoms with E-state index in [1.54, 1.807) is 0 Å². The predicted molar refractivity (Wildman–Crippen MR) is 97.6 cm³/mol. The molecule has 0 bridgehead atoms. The van der Waals surface area contributed by atoms with Gasteiger partial charge >= 0.3 is 0 Å². The second-order valence-corrected chi connectivity index (χ2v) is 8.91. The zero-order valence-electron chi connectivity index (χ0n) is 16.1. The van der Waals surface area contributed by atoms with Crippen LogP contribution in [0.15, 0.2) is 18.5 Å². The first-order valence-corrected chi connectivity index (χ1v) is 8.53. The van der Waals surface area contributed by atoms with E-state index < -0.39 is 0 Å². The van der Waals surface area contributed by atoms with E-state index in [1.165, 1.54) is 38.3 Å². The van der Waals surface area contributed by atoms with Crippen molar-refractivity contribution in [2.45, 2.75) is 54.0 Å². The summed E-state index contributed by atoms with van der Waals surface area (Å²) in [6.45, 7) is 21.8. The average molecular weight is 308 g/mol. The molecule has 3 nitrogen and oxygen atoms in total. The lowest BCUT2D eigenvalue weighted by Gasteiger charge is -2.36. The van der Waals surface area contributed by atoms with E-state index in [9.17, 15) is 0 Å². The molecule has 1 saturated heterocycles. The highest BCUT2D eigenvalue weighted by Gasteiger charge is 2.19. The molecule has 22 heavy (non-hydrogen) atoms. The van der Waals surface area contributed by atoms with Crippen LogP contribution in [0.1, 0.15) is 47.1 Å². The summed E-state index contributed by atoms with van der Waals surface area (Å²) in [5.74, 6) is 0. The molecular formula is C19H37N3.